The number of hydrogen-bond donors (Lipinski definition) is 1. The normalized spacial score (nSPS) is 23.5. The van der Waals surface area contributed by atoms with E-state index < -0.39 is 11.5 Å². The topological polar surface area (TPSA) is 90.0 Å². The Morgan fingerprint density at radius 1 is 1.43 bits per heavy atom. The van der Waals surface area contributed by atoms with Crippen molar-refractivity contribution in [3.63, 3.8) is 0 Å². The van der Waals surface area contributed by atoms with Crippen molar-refractivity contribution in [3.8, 4) is 16.9 Å². The van der Waals surface area contributed by atoms with Crippen molar-refractivity contribution in [1.82, 2.24) is 9.88 Å². The summed E-state index contributed by atoms with van der Waals surface area (Å²) in [6.07, 6.45) is 2.10. The number of methoxy groups -OCH3 is 1. The first-order valence-corrected chi connectivity index (χ1v) is 9.01. The average molecular weight is 384 g/mol. The van der Waals surface area contributed by atoms with Crippen LogP contribution >= 0.6 is 0 Å². The first-order valence-electron chi connectivity index (χ1n) is 9.01. The number of ether oxygens (including phenoxy) is 2. The van der Waals surface area contributed by atoms with Crippen molar-refractivity contribution in [2.75, 3.05) is 20.8 Å². The minimum atomic E-state index is -1.18. The largest absolute Gasteiger partial charge is 0.490 e. The summed E-state index contributed by atoms with van der Waals surface area (Å²) < 4.78 is 25.4. The molecule has 1 spiro atoms. The number of carbonyl (C=O) groups excluding carboxylic acids is 1. The number of carbonyl (C=O) groups is 1. The second-order valence-corrected chi connectivity index (χ2v) is 6.97. The molecule has 0 saturated heterocycles. The number of hydrogen-bond acceptors (Lipinski definition) is 6. The lowest BCUT2D eigenvalue weighted by atomic mass is 9.80. The highest BCUT2D eigenvalue weighted by molar-refractivity contribution is 6.07. The predicted octanol–water partition coefficient (Wildman–Crippen LogP) is 2.06. The third-order valence-electron chi connectivity index (χ3n) is 5.26. The van der Waals surface area contributed by atoms with E-state index in [1.165, 1.54) is 11.1 Å². The van der Waals surface area contributed by atoms with Crippen LogP contribution in [0.4, 0.5) is 4.39 Å². The smallest absolute Gasteiger partial charge is 0.261 e. The first kappa shape index (κ1) is 18.4. The van der Waals surface area contributed by atoms with Gasteiger partial charge in [-0.1, -0.05) is 6.07 Å². The summed E-state index contributed by atoms with van der Waals surface area (Å²) in [4.78, 5) is 22.7. The number of rotatable bonds is 4. The minimum absolute atomic E-state index is 0.154. The third-order valence-corrected chi connectivity index (χ3v) is 5.26. The maximum atomic E-state index is 14.2. The summed E-state index contributed by atoms with van der Waals surface area (Å²) in [6.45, 7) is 0.498. The molecule has 0 aliphatic carbocycles. The van der Waals surface area contributed by atoms with Gasteiger partial charge in [0.2, 0.25) is 5.95 Å². The van der Waals surface area contributed by atoms with E-state index in [9.17, 15) is 9.18 Å². The molecule has 7 nitrogen and oxygen atoms in total. The van der Waals surface area contributed by atoms with Gasteiger partial charge in [-0.3, -0.25) is 9.69 Å². The number of pyridine rings is 1. The van der Waals surface area contributed by atoms with Gasteiger partial charge in [-0.2, -0.15) is 4.39 Å². The first-order chi connectivity index (χ1) is 13.5. The summed E-state index contributed by atoms with van der Waals surface area (Å²) >= 11 is 0. The van der Waals surface area contributed by atoms with Crippen molar-refractivity contribution < 1.29 is 18.7 Å². The van der Waals surface area contributed by atoms with Gasteiger partial charge in [-0.25, -0.2) is 9.98 Å². The van der Waals surface area contributed by atoms with E-state index in [-0.39, 0.29) is 18.0 Å². The third kappa shape index (κ3) is 2.80. The Balaban J connectivity index is 1.85. The van der Waals surface area contributed by atoms with Crippen molar-refractivity contribution in [3.05, 3.63) is 48.0 Å². The predicted molar refractivity (Wildman–Crippen MR) is 101 cm³/mol. The molecule has 2 atom stereocenters. The second-order valence-electron chi connectivity index (χ2n) is 6.97. The van der Waals surface area contributed by atoms with E-state index in [1.807, 2.05) is 0 Å². The summed E-state index contributed by atoms with van der Waals surface area (Å²) in [5.74, 6) is -0.105. The molecule has 0 bridgehead atoms. The van der Waals surface area contributed by atoms with Crippen LogP contribution in [-0.2, 0) is 15.1 Å². The molecule has 8 heteroatoms. The molecule has 2 unspecified atom stereocenters. The molecule has 1 amide bonds. The molecule has 28 heavy (non-hydrogen) atoms. The summed E-state index contributed by atoms with van der Waals surface area (Å²) in [5, 5.41) is 0. The number of guanidine groups is 1. The van der Waals surface area contributed by atoms with Crippen LogP contribution in [0.3, 0.4) is 0 Å². The zero-order valence-corrected chi connectivity index (χ0v) is 15.7. The number of aromatic nitrogens is 1. The molecule has 2 aromatic rings. The second kappa shape index (κ2) is 6.87. The van der Waals surface area contributed by atoms with E-state index in [0.717, 1.165) is 0 Å². The number of amides is 1. The summed E-state index contributed by atoms with van der Waals surface area (Å²) in [5.41, 5.74) is 6.31. The van der Waals surface area contributed by atoms with Gasteiger partial charge in [0, 0.05) is 50.9 Å². The van der Waals surface area contributed by atoms with Gasteiger partial charge >= 0.3 is 0 Å². The van der Waals surface area contributed by atoms with Crippen LogP contribution < -0.4 is 10.5 Å². The molecule has 3 heterocycles. The highest BCUT2D eigenvalue weighted by atomic mass is 19.1. The summed E-state index contributed by atoms with van der Waals surface area (Å²) in [6, 6.07) is 8.55. The number of nitrogens with zero attached hydrogens (tertiary/aromatic N) is 3. The number of fused-ring (bicyclic) bond motifs is 2. The maximum Gasteiger partial charge on any atom is 0.261 e. The Kier molecular flexibility index (Phi) is 4.50. The number of likely N-dealkylation sites (N-methyl/N-ethyl adjacent to an activating group) is 1. The van der Waals surface area contributed by atoms with Crippen LogP contribution in [0.25, 0.3) is 11.1 Å². The van der Waals surface area contributed by atoms with Crippen molar-refractivity contribution in [2.24, 2.45) is 10.7 Å². The molecule has 0 saturated carbocycles. The molecule has 0 fully saturated rings. The van der Waals surface area contributed by atoms with Gasteiger partial charge in [-0.05, 0) is 29.8 Å². The molecular weight excluding hydrogens is 363 g/mol. The lowest BCUT2D eigenvalue weighted by Crippen LogP contribution is -2.45. The fourth-order valence-corrected chi connectivity index (χ4v) is 3.80. The fourth-order valence-electron chi connectivity index (χ4n) is 3.80. The van der Waals surface area contributed by atoms with Gasteiger partial charge in [0.25, 0.3) is 5.91 Å². The zero-order valence-electron chi connectivity index (χ0n) is 15.7. The Labute approximate surface area is 162 Å². The molecule has 146 valence electrons. The fraction of sp³-hybridized carbons (Fsp3) is 0.350. The van der Waals surface area contributed by atoms with Crippen LogP contribution in [-0.4, -0.2) is 48.6 Å². The number of aliphatic imine (C=N–C) groups is 1. The molecule has 1 aromatic carbocycles. The van der Waals surface area contributed by atoms with Gasteiger partial charge in [-0.15, -0.1) is 0 Å². The lowest BCUT2D eigenvalue weighted by molar-refractivity contribution is -0.132. The van der Waals surface area contributed by atoms with Crippen molar-refractivity contribution >= 4 is 11.9 Å². The van der Waals surface area contributed by atoms with E-state index in [1.54, 1.807) is 44.5 Å². The molecule has 1 aromatic heterocycles. The zero-order chi connectivity index (χ0) is 19.9. The van der Waals surface area contributed by atoms with Gasteiger partial charge in [0.05, 0.1) is 0 Å². The standard InChI is InChI=1S/C20H21FN4O3/c1-25-18(26)20(24-19(25)22)11-13(7-9-27-2)28-16-6-5-12(10-15(16)20)14-4-3-8-23-17(14)21/h3-6,8,10,13H,7,9,11H2,1-2H3,(H2,22,24). The maximum absolute atomic E-state index is 14.2. The number of halogens is 1. The lowest BCUT2D eigenvalue weighted by Gasteiger charge is -2.36. The highest BCUT2D eigenvalue weighted by Gasteiger charge is 2.53. The Morgan fingerprint density at radius 3 is 2.93 bits per heavy atom. The highest BCUT2D eigenvalue weighted by Crippen LogP contribution is 2.47. The van der Waals surface area contributed by atoms with E-state index in [4.69, 9.17) is 15.2 Å². The molecule has 2 N–H and O–H groups in total. The van der Waals surface area contributed by atoms with Crippen LogP contribution in [0.1, 0.15) is 18.4 Å². The van der Waals surface area contributed by atoms with Crippen molar-refractivity contribution in [1.29, 1.82) is 0 Å². The monoisotopic (exact) mass is 384 g/mol. The van der Waals surface area contributed by atoms with E-state index in [2.05, 4.69) is 9.98 Å². The summed E-state index contributed by atoms with van der Waals surface area (Å²) in [7, 11) is 3.21. The van der Waals surface area contributed by atoms with Crippen LogP contribution in [0.2, 0.25) is 0 Å². The van der Waals surface area contributed by atoms with Gasteiger partial charge in [0.15, 0.2) is 11.5 Å². The Morgan fingerprint density at radius 2 is 2.25 bits per heavy atom. The van der Waals surface area contributed by atoms with Gasteiger partial charge in [0.1, 0.15) is 11.9 Å². The van der Waals surface area contributed by atoms with Crippen molar-refractivity contribution in [2.45, 2.75) is 24.5 Å². The molecule has 4 rings (SSSR count). The SMILES string of the molecule is COCCC1CC2(N=C(N)N(C)C2=O)c2cc(-c3cccnc3F)ccc2O1. The van der Waals surface area contributed by atoms with Gasteiger partial charge < -0.3 is 15.2 Å². The number of nitrogens with two attached hydrogens (primary N) is 1. The molecule has 0 radical (unpaired) electrons. The number of benzene rings is 1. The average Bonchev–Trinajstić information content (AvgIpc) is 2.91. The van der Waals surface area contributed by atoms with E-state index in [0.29, 0.717) is 41.9 Å². The van der Waals surface area contributed by atoms with Crippen LogP contribution in [0.15, 0.2) is 41.5 Å². The van der Waals surface area contributed by atoms with Crippen LogP contribution in [0.5, 0.6) is 5.75 Å². The molecule has 2 aliphatic heterocycles. The van der Waals surface area contributed by atoms with E-state index >= 15 is 0 Å². The Bertz CT molecular complexity index is 964. The molecule has 2 aliphatic rings. The van der Waals surface area contributed by atoms with Crippen LogP contribution in [0, 0.1) is 5.95 Å². The quantitative estimate of drug-likeness (QED) is 0.815. The Hall–Kier alpha value is -3.00. The minimum Gasteiger partial charge on any atom is -0.490 e. The molecular formula is C20H21FN4O3.